The second-order valence-corrected chi connectivity index (χ2v) is 8.01. The molecule has 4 nitrogen and oxygen atoms in total. The van der Waals surface area contributed by atoms with Crippen LogP contribution in [0.3, 0.4) is 0 Å². The zero-order valence-corrected chi connectivity index (χ0v) is 20.1. The number of carbonyl (C=O) groups excluding carboxylic acids is 1. The zero-order valence-electron chi connectivity index (χ0n) is 20.1. The van der Waals surface area contributed by atoms with Gasteiger partial charge in [0.1, 0.15) is 12.2 Å². The summed E-state index contributed by atoms with van der Waals surface area (Å²) in [4.78, 5) is 12.4. The lowest BCUT2D eigenvalue weighted by Crippen LogP contribution is -2.32. The maximum absolute atomic E-state index is 12.4. The van der Waals surface area contributed by atoms with Crippen LogP contribution < -0.4 is 5.32 Å². The number of hydrogen-bond donors (Lipinski definition) is 3. The minimum atomic E-state index is -1.01. The van der Waals surface area contributed by atoms with Gasteiger partial charge in [0.2, 0.25) is 5.91 Å². The number of rotatable bonds is 5. The lowest BCUT2D eigenvalue weighted by Gasteiger charge is -2.14. The van der Waals surface area contributed by atoms with E-state index in [0.29, 0.717) is 0 Å². The van der Waals surface area contributed by atoms with Crippen LogP contribution in [-0.2, 0) is 4.79 Å². The Hall–Kier alpha value is -2.95. The van der Waals surface area contributed by atoms with E-state index < -0.39 is 12.2 Å². The number of aliphatic hydroxyl groups excluding tert-OH is 2. The summed E-state index contributed by atoms with van der Waals surface area (Å²) in [5.41, 5.74) is 1.83. The zero-order chi connectivity index (χ0) is 24.3. The van der Waals surface area contributed by atoms with E-state index in [4.69, 9.17) is 0 Å². The molecule has 4 heteroatoms. The van der Waals surface area contributed by atoms with Crippen molar-refractivity contribution in [2.24, 2.45) is 0 Å². The van der Waals surface area contributed by atoms with Crippen molar-refractivity contribution < 1.29 is 15.0 Å². The molecule has 0 spiro atoms. The Morgan fingerprint density at radius 2 is 1.64 bits per heavy atom. The molecule has 0 fully saturated rings. The largest absolute Gasteiger partial charge is 0.386 e. The van der Waals surface area contributed by atoms with Gasteiger partial charge < -0.3 is 15.5 Å². The smallest absolute Gasteiger partial charge is 0.244 e. The van der Waals surface area contributed by atoms with Crippen LogP contribution in [0.15, 0.2) is 108 Å². The quantitative estimate of drug-likeness (QED) is 0.480. The number of allylic oxidation sites excluding steroid dienone is 13. The number of carbonyl (C=O) groups is 1. The first-order chi connectivity index (χ1) is 15.9. The van der Waals surface area contributed by atoms with Gasteiger partial charge in [0.05, 0.1) is 0 Å². The van der Waals surface area contributed by atoms with Crippen LogP contribution >= 0.6 is 0 Å². The van der Waals surface area contributed by atoms with Gasteiger partial charge in [-0.3, -0.25) is 4.79 Å². The molecule has 0 radical (unpaired) electrons. The van der Waals surface area contributed by atoms with E-state index in [0.717, 1.165) is 36.8 Å². The van der Waals surface area contributed by atoms with E-state index in [-0.39, 0.29) is 11.9 Å². The molecular weight excluding hydrogens is 410 g/mol. The fourth-order valence-corrected chi connectivity index (χ4v) is 2.92. The number of amides is 1. The van der Waals surface area contributed by atoms with Crippen LogP contribution in [0.1, 0.15) is 46.5 Å². The second-order valence-electron chi connectivity index (χ2n) is 8.01. The number of aliphatic hydroxyl groups is 2. The molecule has 1 aliphatic rings. The molecule has 3 N–H and O–H groups in total. The summed E-state index contributed by atoms with van der Waals surface area (Å²) in [5, 5.41) is 23.2. The molecule has 1 unspecified atom stereocenters. The average molecular weight is 450 g/mol. The highest BCUT2D eigenvalue weighted by atomic mass is 16.3. The van der Waals surface area contributed by atoms with Crippen molar-refractivity contribution in [2.45, 2.75) is 64.7 Å². The Kier molecular flexibility index (Phi) is 15.0. The molecule has 1 aliphatic heterocycles. The summed E-state index contributed by atoms with van der Waals surface area (Å²) in [6.07, 6.45) is 31.3. The molecule has 0 aromatic carbocycles. The monoisotopic (exact) mass is 449 g/mol. The highest BCUT2D eigenvalue weighted by Gasteiger charge is 2.09. The summed E-state index contributed by atoms with van der Waals surface area (Å²) in [7, 11) is 0. The molecule has 0 aromatic rings. The van der Waals surface area contributed by atoms with Gasteiger partial charge in [0.15, 0.2) is 0 Å². The molecule has 0 bridgehead atoms. The van der Waals surface area contributed by atoms with E-state index in [9.17, 15) is 15.0 Å². The van der Waals surface area contributed by atoms with E-state index in [1.165, 1.54) is 6.08 Å². The summed E-state index contributed by atoms with van der Waals surface area (Å²) < 4.78 is 0. The first-order valence-corrected chi connectivity index (χ1v) is 11.6. The van der Waals surface area contributed by atoms with Gasteiger partial charge in [-0.25, -0.2) is 0 Å². The van der Waals surface area contributed by atoms with Crippen molar-refractivity contribution in [3.05, 3.63) is 108 Å². The Morgan fingerprint density at radius 1 is 0.939 bits per heavy atom. The van der Waals surface area contributed by atoms with Crippen molar-refractivity contribution in [3.63, 3.8) is 0 Å². The van der Waals surface area contributed by atoms with Gasteiger partial charge in [0, 0.05) is 12.1 Å². The third kappa shape index (κ3) is 14.7. The van der Waals surface area contributed by atoms with Gasteiger partial charge in [-0.05, 0) is 33.1 Å². The van der Waals surface area contributed by atoms with E-state index in [1.807, 2.05) is 44.2 Å². The first kappa shape index (κ1) is 28.1. The molecule has 178 valence electrons. The van der Waals surface area contributed by atoms with Crippen LogP contribution in [0.2, 0.25) is 0 Å². The van der Waals surface area contributed by atoms with Gasteiger partial charge in [-0.15, -0.1) is 0 Å². The lowest BCUT2D eigenvalue weighted by atomic mass is 10.1. The van der Waals surface area contributed by atoms with Crippen LogP contribution in [0.4, 0.5) is 0 Å². The van der Waals surface area contributed by atoms with Crippen LogP contribution in [0.5, 0.6) is 0 Å². The van der Waals surface area contributed by atoms with E-state index in [2.05, 4.69) is 36.5 Å². The van der Waals surface area contributed by atoms with Gasteiger partial charge in [-0.2, -0.15) is 0 Å². The predicted octanol–water partition coefficient (Wildman–Crippen LogP) is 5.57. The normalized spacial score (nSPS) is 31.7. The highest BCUT2D eigenvalue weighted by molar-refractivity contribution is 5.88. The molecule has 0 aliphatic carbocycles. The Bertz CT molecular complexity index is 850. The molecule has 1 heterocycles. The third-order valence-electron chi connectivity index (χ3n) is 4.80. The molecule has 1 amide bonds. The van der Waals surface area contributed by atoms with Crippen molar-refractivity contribution in [2.75, 3.05) is 0 Å². The predicted molar refractivity (Wildman–Crippen MR) is 140 cm³/mol. The first-order valence-electron chi connectivity index (χ1n) is 11.6. The maximum atomic E-state index is 12.4. The van der Waals surface area contributed by atoms with Gasteiger partial charge in [-0.1, -0.05) is 116 Å². The summed E-state index contributed by atoms with van der Waals surface area (Å²) in [6, 6.07) is -0.00533. The van der Waals surface area contributed by atoms with Gasteiger partial charge >= 0.3 is 0 Å². The fraction of sp³-hybridized carbons (Fsp3) is 0.345. The van der Waals surface area contributed by atoms with E-state index >= 15 is 0 Å². The summed E-state index contributed by atoms with van der Waals surface area (Å²) >= 11 is 0. The summed E-state index contributed by atoms with van der Waals surface area (Å²) in [6.45, 7) is 5.96. The molecule has 0 aromatic heterocycles. The lowest BCUT2D eigenvalue weighted by molar-refractivity contribution is -0.117. The molecule has 33 heavy (non-hydrogen) atoms. The molecule has 0 saturated carbocycles. The number of hydrogen-bond acceptors (Lipinski definition) is 3. The van der Waals surface area contributed by atoms with Crippen LogP contribution in [0, 0.1) is 0 Å². The Morgan fingerprint density at radius 3 is 2.42 bits per heavy atom. The van der Waals surface area contributed by atoms with Crippen molar-refractivity contribution in [3.8, 4) is 0 Å². The van der Waals surface area contributed by atoms with E-state index in [1.54, 1.807) is 36.5 Å². The standard InChI is InChI=1S/C29H39NO3/c1-4-5-6-7-8-9-19-26-20-13-10-16-24(2)17-11-14-21-27(31)28(32)23-25(3)18-12-15-22-29(33)30-26/h6-18,21-23,26-28,31-32H,4-5,19-20H2,1-3H3,(H,30,33)/b7-6+,9-8+,13-10+,17-11-,18-12-,21-14+,22-15+,24-16+,25-23+/t26?,27-,28+/m1/s1. The Labute approximate surface area is 199 Å². The topological polar surface area (TPSA) is 69.6 Å². The van der Waals surface area contributed by atoms with Crippen molar-refractivity contribution >= 4 is 5.91 Å². The fourth-order valence-electron chi connectivity index (χ4n) is 2.92. The molecule has 3 atom stereocenters. The number of unbranched alkanes of at least 4 members (excludes halogenated alkanes) is 1. The SMILES string of the molecule is CCC/C=C/C=C/CC1C/C=C/C=C(C)/C=C\C=C\[C@@H](O)[C@@H](O)/C=C(C)/C=C\C=C\C(=O)N1. The molecular formula is C29H39NO3. The van der Waals surface area contributed by atoms with Gasteiger partial charge in [0.25, 0.3) is 0 Å². The maximum Gasteiger partial charge on any atom is 0.244 e. The number of nitrogens with one attached hydrogen (secondary N) is 1. The third-order valence-corrected chi connectivity index (χ3v) is 4.80. The van der Waals surface area contributed by atoms with Crippen molar-refractivity contribution in [1.29, 1.82) is 0 Å². The minimum absolute atomic E-state index is 0.00533. The van der Waals surface area contributed by atoms with Crippen LogP contribution in [-0.4, -0.2) is 34.4 Å². The van der Waals surface area contributed by atoms with Crippen LogP contribution in [0.25, 0.3) is 0 Å². The van der Waals surface area contributed by atoms with Crippen molar-refractivity contribution in [1.82, 2.24) is 5.32 Å². The minimum Gasteiger partial charge on any atom is -0.386 e. The average Bonchev–Trinajstić information content (AvgIpc) is 2.78. The molecule has 0 saturated heterocycles. The Balaban J connectivity index is 2.99. The highest BCUT2D eigenvalue weighted by Crippen LogP contribution is 2.06. The summed E-state index contributed by atoms with van der Waals surface area (Å²) in [5.74, 6) is -0.153. The molecule has 1 rings (SSSR count). The second kappa shape index (κ2) is 17.6.